The Morgan fingerprint density at radius 2 is 1.95 bits per heavy atom. The van der Waals surface area contributed by atoms with Gasteiger partial charge in [0.25, 0.3) is 0 Å². The number of hydrogen-bond acceptors (Lipinski definition) is 5. The van der Waals surface area contributed by atoms with Crippen molar-refractivity contribution in [3.63, 3.8) is 0 Å². The molecule has 1 aromatic heterocycles. The number of aliphatic hydroxyl groups is 1. The Labute approximate surface area is 129 Å². The maximum Gasteiger partial charge on any atom is 0.347 e. The molecule has 0 aromatic carbocycles. The van der Waals surface area contributed by atoms with E-state index in [4.69, 9.17) is 9.15 Å². The van der Waals surface area contributed by atoms with Gasteiger partial charge in [-0.3, -0.25) is 0 Å². The van der Waals surface area contributed by atoms with Gasteiger partial charge in [0.05, 0.1) is 0 Å². The molecular weight excluding hydrogens is 284 g/mol. The summed E-state index contributed by atoms with van der Waals surface area (Å²) < 4.78 is 11.2. The van der Waals surface area contributed by atoms with Crippen LogP contribution in [0.4, 0.5) is 0 Å². The smallest absolute Gasteiger partial charge is 0.347 e. The lowest BCUT2D eigenvalue weighted by Crippen LogP contribution is -2.30. The van der Waals surface area contributed by atoms with Crippen LogP contribution in [0.25, 0.3) is 0 Å². The second-order valence-corrected chi connectivity index (χ2v) is 6.29. The lowest BCUT2D eigenvalue weighted by Gasteiger charge is -2.27. The molecule has 0 amide bonds. The minimum Gasteiger partial charge on any atom is -0.507 e. The van der Waals surface area contributed by atoms with Gasteiger partial charge in [-0.2, -0.15) is 0 Å². The summed E-state index contributed by atoms with van der Waals surface area (Å²) >= 11 is 0. The van der Waals surface area contributed by atoms with E-state index >= 15 is 0 Å². The molecule has 1 aliphatic heterocycles. The zero-order chi connectivity index (χ0) is 15.7. The number of rotatable bonds is 2. The van der Waals surface area contributed by atoms with E-state index < -0.39 is 11.2 Å². The molecular formula is C17H22O5. The summed E-state index contributed by atoms with van der Waals surface area (Å²) in [5.74, 6) is 1.05. The predicted molar refractivity (Wildman–Crippen MR) is 80.7 cm³/mol. The minimum atomic E-state index is -0.972. The van der Waals surface area contributed by atoms with Crippen molar-refractivity contribution in [2.75, 3.05) is 6.61 Å². The van der Waals surface area contributed by atoms with Gasteiger partial charge < -0.3 is 19.4 Å². The summed E-state index contributed by atoms with van der Waals surface area (Å²) in [4.78, 5) is 12.4. The highest BCUT2D eigenvalue weighted by atomic mass is 16.5. The highest BCUT2D eigenvalue weighted by molar-refractivity contribution is 5.44. The molecule has 22 heavy (non-hydrogen) atoms. The molecule has 120 valence electrons. The molecule has 3 rings (SSSR count). The number of aliphatic hydroxyl groups excluding tert-OH is 1. The molecule has 1 unspecified atom stereocenters. The van der Waals surface area contributed by atoms with Crippen molar-refractivity contribution in [2.24, 2.45) is 0 Å². The zero-order valence-corrected chi connectivity index (χ0v) is 12.9. The Morgan fingerprint density at radius 3 is 2.64 bits per heavy atom. The van der Waals surface area contributed by atoms with Crippen molar-refractivity contribution in [2.45, 2.75) is 57.5 Å². The first-order chi connectivity index (χ1) is 10.5. The van der Waals surface area contributed by atoms with Crippen LogP contribution in [-0.2, 0) is 23.2 Å². The van der Waals surface area contributed by atoms with Crippen LogP contribution < -0.4 is 5.63 Å². The van der Waals surface area contributed by atoms with E-state index in [0.717, 1.165) is 31.2 Å². The monoisotopic (exact) mass is 306 g/mol. The van der Waals surface area contributed by atoms with Gasteiger partial charge in [0.2, 0.25) is 0 Å². The largest absolute Gasteiger partial charge is 0.507 e. The molecule has 2 heterocycles. The van der Waals surface area contributed by atoms with E-state index in [-0.39, 0.29) is 17.9 Å². The highest BCUT2D eigenvalue weighted by Gasteiger charge is 2.40. The average Bonchev–Trinajstić information content (AvgIpc) is 2.83. The van der Waals surface area contributed by atoms with E-state index in [9.17, 15) is 15.0 Å². The van der Waals surface area contributed by atoms with Gasteiger partial charge in [-0.1, -0.05) is 12.8 Å². The maximum atomic E-state index is 12.4. The van der Waals surface area contributed by atoms with E-state index in [1.807, 2.05) is 0 Å². The maximum absolute atomic E-state index is 12.4. The third kappa shape index (κ3) is 2.54. The van der Waals surface area contributed by atoms with Crippen LogP contribution in [0.3, 0.4) is 0 Å². The molecule has 1 aromatic rings. The molecule has 2 N–H and O–H groups in total. The molecule has 0 saturated carbocycles. The van der Waals surface area contributed by atoms with Crippen LogP contribution in [0.15, 0.2) is 21.0 Å². The molecule has 0 bridgehead atoms. The first kappa shape index (κ1) is 15.2. The van der Waals surface area contributed by atoms with E-state index in [1.54, 1.807) is 13.0 Å². The van der Waals surface area contributed by atoms with Crippen LogP contribution in [0.5, 0.6) is 5.75 Å². The second kappa shape index (κ2) is 5.80. The van der Waals surface area contributed by atoms with Gasteiger partial charge in [0, 0.05) is 18.4 Å². The van der Waals surface area contributed by atoms with Crippen molar-refractivity contribution >= 4 is 0 Å². The van der Waals surface area contributed by atoms with Crippen molar-refractivity contribution in [1.82, 2.24) is 0 Å². The van der Waals surface area contributed by atoms with Crippen molar-refractivity contribution < 1.29 is 19.4 Å². The molecule has 1 aliphatic carbocycles. The molecule has 0 fully saturated rings. The van der Waals surface area contributed by atoms with Crippen molar-refractivity contribution in [3.8, 4) is 5.75 Å². The molecule has 5 heteroatoms. The second-order valence-electron chi connectivity index (χ2n) is 6.29. The molecule has 0 radical (unpaired) electrons. The number of fused-ring (bicyclic) bond motifs is 1. The molecule has 0 saturated heterocycles. The summed E-state index contributed by atoms with van der Waals surface area (Å²) in [7, 11) is 0. The number of aromatic hydroxyl groups is 1. The molecule has 5 nitrogen and oxygen atoms in total. The highest BCUT2D eigenvalue weighted by Crippen LogP contribution is 2.42. The van der Waals surface area contributed by atoms with Gasteiger partial charge in [-0.15, -0.1) is 0 Å². The fraction of sp³-hybridized carbons (Fsp3) is 0.588. The number of hydrogen-bond donors (Lipinski definition) is 2. The number of aryl methyl sites for hydroxylation is 1. The predicted octanol–water partition coefficient (Wildman–Crippen LogP) is 2.52. The van der Waals surface area contributed by atoms with Crippen LogP contribution >= 0.6 is 0 Å². The summed E-state index contributed by atoms with van der Waals surface area (Å²) in [6, 6.07) is 0. The SMILES string of the molecule is CC1(c2c(O)c3c(oc2=O)CCCCCC3)CC=C(CO)O1. The normalized spacial score (nSPS) is 24.9. The lowest BCUT2D eigenvalue weighted by atomic mass is 9.89. The molecule has 2 aliphatic rings. The van der Waals surface area contributed by atoms with Gasteiger partial charge in [0.1, 0.15) is 35.0 Å². The van der Waals surface area contributed by atoms with Gasteiger partial charge in [-0.05, 0) is 32.3 Å². The fourth-order valence-electron chi connectivity index (χ4n) is 3.40. The Balaban J connectivity index is 2.06. The van der Waals surface area contributed by atoms with E-state index in [2.05, 4.69) is 0 Å². The van der Waals surface area contributed by atoms with Gasteiger partial charge in [-0.25, -0.2) is 4.79 Å². The molecule has 0 spiro atoms. The summed E-state index contributed by atoms with van der Waals surface area (Å²) in [5, 5.41) is 19.9. The van der Waals surface area contributed by atoms with E-state index in [0.29, 0.717) is 30.8 Å². The Morgan fingerprint density at radius 1 is 1.23 bits per heavy atom. The summed E-state index contributed by atoms with van der Waals surface area (Å²) in [6.45, 7) is 1.53. The Kier molecular flexibility index (Phi) is 4.00. The number of ether oxygens (including phenoxy) is 1. The Bertz CT molecular complexity index is 658. The van der Waals surface area contributed by atoms with Crippen molar-refractivity contribution in [1.29, 1.82) is 0 Å². The lowest BCUT2D eigenvalue weighted by molar-refractivity contribution is 0.0197. The third-order valence-corrected chi connectivity index (χ3v) is 4.62. The van der Waals surface area contributed by atoms with Crippen LogP contribution in [0.2, 0.25) is 0 Å². The summed E-state index contributed by atoms with van der Waals surface area (Å²) in [5.41, 5.74) is -0.588. The molecule has 1 atom stereocenters. The summed E-state index contributed by atoms with van der Waals surface area (Å²) in [6.07, 6.45) is 7.78. The Hall–Kier alpha value is -1.75. The van der Waals surface area contributed by atoms with Gasteiger partial charge in [0.15, 0.2) is 0 Å². The van der Waals surface area contributed by atoms with Crippen LogP contribution in [0.1, 0.15) is 55.9 Å². The first-order valence-electron chi connectivity index (χ1n) is 7.92. The van der Waals surface area contributed by atoms with E-state index in [1.165, 1.54) is 0 Å². The quantitative estimate of drug-likeness (QED) is 0.877. The third-order valence-electron chi connectivity index (χ3n) is 4.62. The minimum absolute atomic E-state index is 0.0169. The van der Waals surface area contributed by atoms with Crippen LogP contribution in [-0.4, -0.2) is 16.8 Å². The zero-order valence-electron chi connectivity index (χ0n) is 12.9. The first-order valence-corrected chi connectivity index (χ1v) is 7.92. The van der Waals surface area contributed by atoms with Crippen molar-refractivity contribution in [3.05, 3.63) is 39.1 Å². The standard InChI is InChI=1S/C17H22O5/c1-17(9-8-11(10-18)22-17)14-15(19)12-6-4-2-3-5-7-13(12)21-16(14)20/h8,18-19H,2-7,9-10H2,1H3. The topological polar surface area (TPSA) is 79.9 Å². The van der Waals surface area contributed by atoms with Gasteiger partial charge >= 0.3 is 5.63 Å². The fourth-order valence-corrected chi connectivity index (χ4v) is 3.40. The average molecular weight is 306 g/mol. The van der Waals surface area contributed by atoms with Crippen LogP contribution in [0, 0.1) is 0 Å².